The molecule has 2 N–H and O–H groups in total. The summed E-state index contributed by atoms with van der Waals surface area (Å²) in [5.74, 6) is -0.0259. The molecule has 0 spiro atoms. The van der Waals surface area contributed by atoms with E-state index in [-0.39, 0.29) is 5.91 Å². The zero-order chi connectivity index (χ0) is 14.3. The van der Waals surface area contributed by atoms with Crippen molar-refractivity contribution in [1.29, 1.82) is 0 Å². The number of hydrazine groups is 1. The lowest BCUT2D eigenvalue weighted by atomic mass is 9.88. The summed E-state index contributed by atoms with van der Waals surface area (Å²) < 4.78 is 0. The van der Waals surface area contributed by atoms with E-state index in [1.807, 2.05) is 56.3 Å². The monoisotopic (exact) mass is 286 g/mol. The molecule has 0 bridgehead atoms. The van der Waals surface area contributed by atoms with Gasteiger partial charge >= 0.3 is 0 Å². The van der Waals surface area contributed by atoms with Gasteiger partial charge in [0.25, 0.3) is 0 Å². The number of halogens is 1. The molecule has 0 aromatic heterocycles. The SMILES string of the molecule is CC1(C)C(=O)NN/C1=C\c1cccc2ccc(Cl)cc12. The summed E-state index contributed by atoms with van der Waals surface area (Å²) in [4.78, 5) is 11.8. The van der Waals surface area contributed by atoms with Crippen molar-refractivity contribution < 1.29 is 4.79 Å². The van der Waals surface area contributed by atoms with Gasteiger partial charge in [0.2, 0.25) is 5.91 Å². The fourth-order valence-corrected chi connectivity index (χ4v) is 2.50. The van der Waals surface area contributed by atoms with Gasteiger partial charge in [-0.15, -0.1) is 0 Å². The zero-order valence-corrected chi connectivity index (χ0v) is 12.1. The summed E-state index contributed by atoms with van der Waals surface area (Å²) in [5, 5.41) is 2.90. The van der Waals surface area contributed by atoms with Crippen molar-refractivity contribution in [3.8, 4) is 0 Å². The van der Waals surface area contributed by atoms with Gasteiger partial charge < -0.3 is 5.43 Å². The smallest absolute Gasteiger partial charge is 0.249 e. The van der Waals surface area contributed by atoms with Gasteiger partial charge in [0.1, 0.15) is 0 Å². The molecular formula is C16H15ClN2O. The highest BCUT2D eigenvalue weighted by atomic mass is 35.5. The summed E-state index contributed by atoms with van der Waals surface area (Å²) in [7, 11) is 0. The standard InChI is InChI=1S/C16H15ClN2O/c1-16(2)14(18-19-15(16)20)8-11-5-3-4-10-6-7-12(17)9-13(10)11/h3-9,18H,1-2H3,(H,19,20)/b14-8-. The maximum absolute atomic E-state index is 11.8. The Morgan fingerprint density at radius 2 is 1.95 bits per heavy atom. The first kappa shape index (κ1) is 13.0. The summed E-state index contributed by atoms with van der Waals surface area (Å²) in [6.07, 6.45) is 2.00. The second-order valence-corrected chi connectivity index (χ2v) is 5.91. The highest BCUT2D eigenvalue weighted by Gasteiger charge is 2.37. The van der Waals surface area contributed by atoms with Gasteiger partial charge in [-0.1, -0.05) is 35.9 Å². The molecule has 102 valence electrons. The minimum atomic E-state index is -0.555. The molecule has 1 fully saturated rings. The van der Waals surface area contributed by atoms with Gasteiger partial charge in [-0.2, -0.15) is 0 Å². The first-order valence-corrected chi connectivity index (χ1v) is 6.83. The molecule has 4 heteroatoms. The number of amides is 1. The molecule has 1 aliphatic heterocycles. The summed E-state index contributed by atoms with van der Waals surface area (Å²) in [6, 6.07) is 11.9. The van der Waals surface area contributed by atoms with Crippen molar-refractivity contribution in [2.75, 3.05) is 0 Å². The average molecular weight is 287 g/mol. The lowest BCUT2D eigenvalue weighted by Gasteiger charge is -2.14. The summed E-state index contributed by atoms with van der Waals surface area (Å²) in [5.41, 5.74) is 6.95. The predicted molar refractivity (Wildman–Crippen MR) is 82.0 cm³/mol. The molecule has 1 aliphatic rings. The third kappa shape index (κ3) is 2.04. The topological polar surface area (TPSA) is 41.1 Å². The first-order chi connectivity index (χ1) is 9.48. The van der Waals surface area contributed by atoms with E-state index in [0.29, 0.717) is 5.02 Å². The summed E-state index contributed by atoms with van der Waals surface area (Å²) >= 11 is 6.08. The van der Waals surface area contributed by atoms with Gasteiger partial charge in [-0.25, -0.2) is 0 Å². The van der Waals surface area contributed by atoms with Crippen LogP contribution >= 0.6 is 11.6 Å². The van der Waals surface area contributed by atoms with Crippen LogP contribution in [-0.4, -0.2) is 5.91 Å². The number of hydrogen-bond donors (Lipinski definition) is 2. The van der Waals surface area contributed by atoms with Crippen LogP contribution in [0, 0.1) is 5.41 Å². The lowest BCUT2D eigenvalue weighted by Crippen LogP contribution is -2.28. The number of hydrogen-bond acceptors (Lipinski definition) is 2. The Labute approximate surface area is 122 Å². The van der Waals surface area contributed by atoms with Crippen LogP contribution in [0.15, 0.2) is 42.1 Å². The predicted octanol–water partition coefficient (Wildman–Crippen LogP) is 3.49. The molecule has 3 rings (SSSR count). The number of carbonyl (C=O) groups is 1. The number of rotatable bonds is 1. The lowest BCUT2D eigenvalue weighted by molar-refractivity contribution is -0.125. The second-order valence-electron chi connectivity index (χ2n) is 5.47. The third-order valence-corrected chi connectivity index (χ3v) is 3.96. The van der Waals surface area contributed by atoms with Crippen molar-refractivity contribution in [3.63, 3.8) is 0 Å². The maximum Gasteiger partial charge on any atom is 0.249 e. The van der Waals surface area contributed by atoms with E-state index in [9.17, 15) is 4.79 Å². The van der Waals surface area contributed by atoms with Gasteiger partial charge in [0.05, 0.1) is 5.41 Å². The van der Waals surface area contributed by atoms with Crippen molar-refractivity contribution in [2.45, 2.75) is 13.8 Å². The van der Waals surface area contributed by atoms with Crippen molar-refractivity contribution in [3.05, 3.63) is 52.7 Å². The first-order valence-electron chi connectivity index (χ1n) is 6.45. The van der Waals surface area contributed by atoms with Crippen LogP contribution in [0.2, 0.25) is 5.02 Å². The van der Waals surface area contributed by atoms with E-state index < -0.39 is 5.41 Å². The number of carbonyl (C=O) groups excluding carboxylic acids is 1. The summed E-state index contributed by atoms with van der Waals surface area (Å²) in [6.45, 7) is 3.79. The van der Waals surface area contributed by atoms with Crippen LogP contribution in [0.4, 0.5) is 0 Å². The molecule has 0 radical (unpaired) electrons. The number of benzene rings is 2. The normalized spacial score (nSPS) is 19.1. The molecule has 2 aromatic rings. The molecule has 1 saturated heterocycles. The average Bonchev–Trinajstić information content (AvgIpc) is 2.66. The zero-order valence-electron chi connectivity index (χ0n) is 11.3. The van der Waals surface area contributed by atoms with Crippen LogP contribution < -0.4 is 10.9 Å². The number of fused-ring (bicyclic) bond motifs is 1. The molecule has 1 heterocycles. The number of nitrogens with one attached hydrogen (secondary N) is 2. The van der Waals surface area contributed by atoms with Crippen LogP contribution in [-0.2, 0) is 4.79 Å². The Kier molecular flexibility index (Phi) is 2.94. The van der Waals surface area contributed by atoms with E-state index in [0.717, 1.165) is 22.0 Å². The van der Waals surface area contributed by atoms with Crippen molar-refractivity contribution >= 4 is 34.4 Å². The Balaban J connectivity index is 2.16. The van der Waals surface area contributed by atoms with Gasteiger partial charge in [0.15, 0.2) is 0 Å². The maximum atomic E-state index is 11.8. The highest BCUT2D eigenvalue weighted by Crippen LogP contribution is 2.31. The third-order valence-electron chi connectivity index (χ3n) is 3.73. The fraction of sp³-hybridized carbons (Fsp3) is 0.188. The van der Waals surface area contributed by atoms with E-state index >= 15 is 0 Å². The van der Waals surface area contributed by atoms with Gasteiger partial charge in [-0.05, 0) is 48.4 Å². The van der Waals surface area contributed by atoms with E-state index in [1.54, 1.807) is 0 Å². The molecule has 3 nitrogen and oxygen atoms in total. The molecule has 0 unspecified atom stereocenters. The van der Waals surface area contributed by atoms with Crippen LogP contribution in [0.1, 0.15) is 19.4 Å². The van der Waals surface area contributed by atoms with Crippen molar-refractivity contribution in [1.82, 2.24) is 10.9 Å². The molecule has 0 saturated carbocycles. The van der Waals surface area contributed by atoms with Gasteiger partial charge in [0, 0.05) is 10.7 Å². The Morgan fingerprint density at radius 1 is 1.15 bits per heavy atom. The second kappa shape index (κ2) is 4.53. The quantitative estimate of drug-likeness (QED) is 0.842. The van der Waals surface area contributed by atoms with E-state index in [1.165, 1.54) is 0 Å². The molecule has 2 aromatic carbocycles. The van der Waals surface area contributed by atoms with E-state index in [4.69, 9.17) is 11.6 Å². The molecule has 0 aliphatic carbocycles. The Bertz CT molecular complexity index is 734. The minimum Gasteiger partial charge on any atom is -0.302 e. The Hall–Kier alpha value is -2.00. The minimum absolute atomic E-state index is 0.0259. The molecule has 0 atom stereocenters. The van der Waals surface area contributed by atoms with Crippen LogP contribution in [0.25, 0.3) is 16.8 Å². The fourth-order valence-electron chi connectivity index (χ4n) is 2.33. The van der Waals surface area contributed by atoms with Gasteiger partial charge in [-0.3, -0.25) is 10.2 Å². The Morgan fingerprint density at radius 3 is 2.65 bits per heavy atom. The van der Waals surface area contributed by atoms with Crippen LogP contribution in [0.3, 0.4) is 0 Å². The van der Waals surface area contributed by atoms with E-state index in [2.05, 4.69) is 10.9 Å². The van der Waals surface area contributed by atoms with Crippen LogP contribution in [0.5, 0.6) is 0 Å². The molecule has 20 heavy (non-hydrogen) atoms. The molecular weight excluding hydrogens is 272 g/mol. The van der Waals surface area contributed by atoms with Crippen molar-refractivity contribution in [2.24, 2.45) is 5.41 Å². The highest BCUT2D eigenvalue weighted by molar-refractivity contribution is 6.31. The molecule has 1 amide bonds. The largest absolute Gasteiger partial charge is 0.302 e.